The number of hydrogen-bond acceptors (Lipinski definition) is 3. The SMILES string of the molecule is Cc1ncc(Cl)cc1[C@@H](O)CNC(C)(C)C. The molecule has 1 rings (SSSR count). The van der Waals surface area contributed by atoms with Crippen molar-refractivity contribution in [2.45, 2.75) is 39.3 Å². The first kappa shape index (κ1) is 13.4. The van der Waals surface area contributed by atoms with E-state index in [2.05, 4.69) is 31.1 Å². The standard InChI is InChI=1S/C12H19ClN2O/c1-8-10(5-9(13)6-14-8)11(16)7-15-12(2,3)4/h5-6,11,15-16H,7H2,1-4H3/t11-/m0/s1. The molecule has 0 spiro atoms. The van der Waals surface area contributed by atoms with Gasteiger partial charge in [-0.15, -0.1) is 0 Å². The lowest BCUT2D eigenvalue weighted by atomic mass is 10.1. The highest BCUT2D eigenvalue weighted by Gasteiger charge is 2.15. The van der Waals surface area contributed by atoms with Crippen molar-refractivity contribution in [1.82, 2.24) is 10.3 Å². The number of nitrogens with zero attached hydrogens (tertiary/aromatic N) is 1. The molecular weight excluding hydrogens is 224 g/mol. The second kappa shape index (κ2) is 5.13. The van der Waals surface area contributed by atoms with Gasteiger partial charge in [0.15, 0.2) is 0 Å². The van der Waals surface area contributed by atoms with E-state index in [9.17, 15) is 5.11 Å². The highest BCUT2D eigenvalue weighted by molar-refractivity contribution is 6.30. The topological polar surface area (TPSA) is 45.2 Å². The van der Waals surface area contributed by atoms with Crippen molar-refractivity contribution < 1.29 is 5.11 Å². The first-order valence-electron chi connectivity index (χ1n) is 5.35. The average molecular weight is 243 g/mol. The molecule has 0 unspecified atom stereocenters. The number of hydrogen-bond donors (Lipinski definition) is 2. The van der Waals surface area contributed by atoms with Gasteiger partial charge in [-0.2, -0.15) is 0 Å². The Morgan fingerprint density at radius 3 is 2.69 bits per heavy atom. The molecule has 0 aliphatic heterocycles. The van der Waals surface area contributed by atoms with Gasteiger partial charge in [0.05, 0.1) is 11.1 Å². The molecule has 0 aliphatic carbocycles. The third-order valence-corrected chi connectivity index (χ3v) is 2.48. The molecule has 0 saturated heterocycles. The molecule has 0 bridgehead atoms. The number of pyridine rings is 1. The van der Waals surface area contributed by atoms with Crippen LogP contribution in [-0.2, 0) is 0 Å². The van der Waals surface area contributed by atoms with Crippen LogP contribution < -0.4 is 5.32 Å². The second-order valence-corrected chi connectivity index (χ2v) is 5.41. The smallest absolute Gasteiger partial charge is 0.0932 e. The maximum atomic E-state index is 10.0. The molecule has 1 aromatic heterocycles. The fraction of sp³-hybridized carbons (Fsp3) is 0.583. The number of aliphatic hydroxyl groups is 1. The molecule has 2 N–H and O–H groups in total. The zero-order valence-corrected chi connectivity index (χ0v) is 11.0. The van der Waals surface area contributed by atoms with Gasteiger partial charge in [-0.05, 0) is 33.8 Å². The van der Waals surface area contributed by atoms with Gasteiger partial charge in [-0.3, -0.25) is 4.98 Å². The fourth-order valence-corrected chi connectivity index (χ4v) is 1.54. The van der Waals surface area contributed by atoms with Crippen LogP contribution in [0, 0.1) is 6.92 Å². The molecule has 1 atom stereocenters. The minimum atomic E-state index is -0.578. The van der Waals surface area contributed by atoms with Crippen LogP contribution in [0.1, 0.15) is 38.1 Å². The van der Waals surface area contributed by atoms with Gasteiger partial charge in [0.25, 0.3) is 0 Å². The normalized spacial score (nSPS) is 13.9. The summed E-state index contributed by atoms with van der Waals surface area (Å²) in [5, 5.41) is 13.8. The average Bonchev–Trinajstić information content (AvgIpc) is 2.17. The Labute approximate surface area is 102 Å². The monoisotopic (exact) mass is 242 g/mol. The van der Waals surface area contributed by atoms with E-state index in [1.807, 2.05) is 6.92 Å². The maximum Gasteiger partial charge on any atom is 0.0932 e. The molecule has 0 radical (unpaired) electrons. The van der Waals surface area contributed by atoms with Crippen molar-refractivity contribution in [2.75, 3.05) is 6.54 Å². The van der Waals surface area contributed by atoms with E-state index in [0.29, 0.717) is 11.6 Å². The number of aromatic nitrogens is 1. The summed E-state index contributed by atoms with van der Waals surface area (Å²) in [5.41, 5.74) is 1.58. The lowest BCUT2D eigenvalue weighted by Crippen LogP contribution is -2.38. The van der Waals surface area contributed by atoms with Gasteiger partial charge in [-0.1, -0.05) is 11.6 Å². The zero-order valence-electron chi connectivity index (χ0n) is 10.2. The summed E-state index contributed by atoms with van der Waals surface area (Å²) >= 11 is 5.86. The summed E-state index contributed by atoms with van der Waals surface area (Å²) < 4.78 is 0. The van der Waals surface area contributed by atoms with Gasteiger partial charge < -0.3 is 10.4 Å². The van der Waals surface area contributed by atoms with Crippen LogP contribution in [0.3, 0.4) is 0 Å². The van der Waals surface area contributed by atoms with E-state index in [0.717, 1.165) is 11.3 Å². The van der Waals surface area contributed by atoms with Crippen molar-refractivity contribution in [3.05, 3.63) is 28.5 Å². The van der Waals surface area contributed by atoms with E-state index in [1.165, 1.54) is 0 Å². The van der Waals surface area contributed by atoms with Gasteiger partial charge >= 0.3 is 0 Å². The quantitative estimate of drug-likeness (QED) is 0.856. The molecule has 0 fully saturated rings. The lowest BCUT2D eigenvalue weighted by molar-refractivity contribution is 0.162. The summed E-state index contributed by atoms with van der Waals surface area (Å²) in [7, 11) is 0. The first-order chi connectivity index (χ1) is 7.29. The Bertz CT molecular complexity index is 361. The van der Waals surface area contributed by atoms with Crippen LogP contribution >= 0.6 is 11.6 Å². The number of halogens is 1. The van der Waals surface area contributed by atoms with Crippen LogP contribution in [0.2, 0.25) is 5.02 Å². The predicted octanol–water partition coefficient (Wildman–Crippen LogP) is 2.46. The van der Waals surface area contributed by atoms with Crippen LogP contribution in [0.4, 0.5) is 0 Å². The van der Waals surface area contributed by atoms with Gasteiger partial charge in [-0.25, -0.2) is 0 Å². The summed E-state index contributed by atoms with van der Waals surface area (Å²) in [6.07, 6.45) is 1.01. The molecule has 0 aliphatic rings. The van der Waals surface area contributed by atoms with E-state index >= 15 is 0 Å². The number of aryl methyl sites for hydroxylation is 1. The molecular formula is C12H19ClN2O. The molecule has 16 heavy (non-hydrogen) atoms. The van der Waals surface area contributed by atoms with E-state index in [1.54, 1.807) is 12.3 Å². The fourth-order valence-electron chi connectivity index (χ4n) is 1.37. The Kier molecular flexibility index (Phi) is 4.30. The molecule has 90 valence electrons. The number of aliphatic hydroxyl groups excluding tert-OH is 1. The summed E-state index contributed by atoms with van der Waals surface area (Å²) in [5.74, 6) is 0. The van der Waals surface area contributed by atoms with Gasteiger partial charge in [0, 0.05) is 29.5 Å². The lowest BCUT2D eigenvalue weighted by Gasteiger charge is -2.23. The Morgan fingerprint density at radius 1 is 1.50 bits per heavy atom. The Balaban J connectivity index is 2.73. The third kappa shape index (κ3) is 4.08. The van der Waals surface area contributed by atoms with Crippen LogP contribution in [0.25, 0.3) is 0 Å². The molecule has 1 aromatic rings. The largest absolute Gasteiger partial charge is 0.387 e. The highest BCUT2D eigenvalue weighted by atomic mass is 35.5. The third-order valence-electron chi connectivity index (χ3n) is 2.28. The van der Waals surface area contributed by atoms with E-state index in [4.69, 9.17) is 11.6 Å². The molecule has 1 heterocycles. The molecule has 0 saturated carbocycles. The van der Waals surface area contributed by atoms with E-state index in [-0.39, 0.29) is 5.54 Å². The van der Waals surface area contributed by atoms with Gasteiger partial charge in [0.1, 0.15) is 0 Å². The summed E-state index contributed by atoms with van der Waals surface area (Å²) in [6.45, 7) is 8.53. The van der Waals surface area contributed by atoms with Crippen molar-refractivity contribution in [2.24, 2.45) is 0 Å². The van der Waals surface area contributed by atoms with Crippen molar-refractivity contribution in [3.63, 3.8) is 0 Å². The molecule has 0 amide bonds. The predicted molar refractivity (Wildman–Crippen MR) is 66.7 cm³/mol. The van der Waals surface area contributed by atoms with Gasteiger partial charge in [0.2, 0.25) is 0 Å². The van der Waals surface area contributed by atoms with Crippen LogP contribution in [-0.4, -0.2) is 22.2 Å². The number of nitrogens with one attached hydrogen (secondary N) is 1. The minimum absolute atomic E-state index is 0.0130. The second-order valence-electron chi connectivity index (χ2n) is 4.97. The molecule has 4 heteroatoms. The van der Waals surface area contributed by atoms with Crippen molar-refractivity contribution in [3.8, 4) is 0 Å². The highest BCUT2D eigenvalue weighted by Crippen LogP contribution is 2.19. The van der Waals surface area contributed by atoms with Crippen LogP contribution in [0.15, 0.2) is 12.3 Å². The van der Waals surface area contributed by atoms with Crippen molar-refractivity contribution >= 4 is 11.6 Å². The summed E-state index contributed by atoms with van der Waals surface area (Å²) in [4.78, 5) is 4.12. The molecule has 3 nitrogen and oxygen atoms in total. The number of β-amino-alcohol motifs (C(OH)–C–C–N with tert-alkyl or cyclic N) is 1. The minimum Gasteiger partial charge on any atom is -0.387 e. The first-order valence-corrected chi connectivity index (χ1v) is 5.72. The van der Waals surface area contributed by atoms with Crippen molar-refractivity contribution in [1.29, 1.82) is 0 Å². The zero-order chi connectivity index (χ0) is 12.3. The summed E-state index contributed by atoms with van der Waals surface area (Å²) in [6, 6.07) is 1.76. The Morgan fingerprint density at radius 2 is 2.12 bits per heavy atom. The van der Waals surface area contributed by atoms with Crippen LogP contribution in [0.5, 0.6) is 0 Å². The number of rotatable bonds is 3. The van der Waals surface area contributed by atoms with E-state index < -0.39 is 6.10 Å². The molecule has 0 aromatic carbocycles. The maximum absolute atomic E-state index is 10.0. The Hall–Kier alpha value is -0.640.